The van der Waals surface area contributed by atoms with E-state index in [1.165, 1.54) is 17.8 Å². The number of amides is 2. The van der Waals surface area contributed by atoms with Crippen molar-refractivity contribution < 1.29 is 9.59 Å². The van der Waals surface area contributed by atoms with Crippen LogP contribution in [0.2, 0.25) is 0 Å². The second-order valence-corrected chi connectivity index (χ2v) is 7.37. The quantitative estimate of drug-likeness (QED) is 0.840. The first-order valence-corrected chi connectivity index (χ1v) is 9.18. The van der Waals surface area contributed by atoms with E-state index in [0.717, 1.165) is 37.1 Å². The zero-order valence-electron chi connectivity index (χ0n) is 13.2. The van der Waals surface area contributed by atoms with E-state index in [9.17, 15) is 9.59 Å². The molecular formula is C17H24N2O2S. The summed E-state index contributed by atoms with van der Waals surface area (Å²) in [7, 11) is 0. The molecule has 2 fully saturated rings. The van der Waals surface area contributed by atoms with Gasteiger partial charge in [0.15, 0.2) is 0 Å². The molecule has 0 N–H and O–H groups in total. The molecule has 2 aliphatic rings. The molecular weight excluding hydrogens is 296 g/mol. The van der Waals surface area contributed by atoms with Gasteiger partial charge in [-0.3, -0.25) is 9.59 Å². The highest BCUT2D eigenvalue weighted by Gasteiger charge is 2.33. The molecule has 0 spiro atoms. The first-order chi connectivity index (χ1) is 10.7. The summed E-state index contributed by atoms with van der Waals surface area (Å²) in [6.45, 7) is 4.48. The average Bonchev–Trinajstić information content (AvgIpc) is 3.09. The van der Waals surface area contributed by atoms with Gasteiger partial charge in [-0.05, 0) is 50.5 Å². The highest BCUT2D eigenvalue weighted by Crippen LogP contribution is 2.25. The number of thiophene rings is 1. The van der Waals surface area contributed by atoms with Crippen LogP contribution in [0, 0.1) is 5.92 Å². The van der Waals surface area contributed by atoms with Gasteiger partial charge in [-0.1, -0.05) is 6.07 Å². The predicted octanol–water partition coefficient (Wildman–Crippen LogP) is 3.00. The molecule has 1 aromatic heterocycles. The summed E-state index contributed by atoms with van der Waals surface area (Å²) in [5.41, 5.74) is 0. The van der Waals surface area contributed by atoms with Gasteiger partial charge < -0.3 is 9.80 Å². The lowest BCUT2D eigenvalue weighted by Gasteiger charge is -2.38. The van der Waals surface area contributed by atoms with Gasteiger partial charge in [0.25, 0.3) is 5.91 Å². The van der Waals surface area contributed by atoms with Gasteiger partial charge >= 0.3 is 0 Å². The maximum absolute atomic E-state index is 12.7. The first kappa shape index (κ1) is 15.5. The monoisotopic (exact) mass is 320 g/mol. The van der Waals surface area contributed by atoms with Crippen LogP contribution in [0.4, 0.5) is 0 Å². The van der Waals surface area contributed by atoms with Crippen molar-refractivity contribution in [3.63, 3.8) is 0 Å². The SMILES string of the molecule is CC1CCCCN1C(=O)C1CCN(C(=O)c2cccs2)CC1. The third-order valence-electron chi connectivity index (χ3n) is 4.95. The van der Waals surface area contributed by atoms with Crippen LogP contribution in [-0.4, -0.2) is 47.3 Å². The molecule has 0 aromatic carbocycles. The van der Waals surface area contributed by atoms with Crippen molar-refractivity contribution in [1.29, 1.82) is 0 Å². The van der Waals surface area contributed by atoms with Crippen LogP contribution < -0.4 is 0 Å². The molecule has 2 saturated heterocycles. The largest absolute Gasteiger partial charge is 0.340 e. The van der Waals surface area contributed by atoms with Crippen LogP contribution in [0.1, 0.15) is 48.7 Å². The zero-order valence-corrected chi connectivity index (χ0v) is 14.0. The van der Waals surface area contributed by atoms with Gasteiger partial charge in [0.05, 0.1) is 4.88 Å². The molecule has 3 rings (SSSR count). The second kappa shape index (κ2) is 6.82. The third-order valence-corrected chi connectivity index (χ3v) is 5.81. The van der Waals surface area contributed by atoms with E-state index in [0.29, 0.717) is 25.0 Å². The number of carbonyl (C=O) groups excluding carboxylic acids is 2. The van der Waals surface area contributed by atoms with E-state index < -0.39 is 0 Å². The summed E-state index contributed by atoms with van der Waals surface area (Å²) in [5.74, 6) is 0.538. The molecule has 1 aromatic rings. The highest BCUT2D eigenvalue weighted by atomic mass is 32.1. The van der Waals surface area contributed by atoms with Crippen molar-refractivity contribution in [1.82, 2.24) is 9.80 Å². The van der Waals surface area contributed by atoms with Gasteiger partial charge in [0.2, 0.25) is 5.91 Å². The molecule has 5 heteroatoms. The Morgan fingerprint density at radius 1 is 1.14 bits per heavy atom. The number of piperidine rings is 2. The van der Waals surface area contributed by atoms with Crippen molar-refractivity contribution >= 4 is 23.2 Å². The van der Waals surface area contributed by atoms with Crippen LogP contribution in [0.5, 0.6) is 0 Å². The van der Waals surface area contributed by atoms with E-state index in [-0.39, 0.29) is 11.8 Å². The zero-order chi connectivity index (χ0) is 15.5. The lowest BCUT2D eigenvalue weighted by atomic mass is 9.93. The summed E-state index contributed by atoms with van der Waals surface area (Å²) >= 11 is 1.49. The van der Waals surface area contributed by atoms with Crippen LogP contribution >= 0.6 is 11.3 Å². The fraction of sp³-hybridized carbons (Fsp3) is 0.647. The Morgan fingerprint density at radius 2 is 1.91 bits per heavy atom. The van der Waals surface area contributed by atoms with Crippen molar-refractivity contribution in [2.24, 2.45) is 5.92 Å². The fourth-order valence-electron chi connectivity index (χ4n) is 3.55. The van der Waals surface area contributed by atoms with E-state index >= 15 is 0 Å². The summed E-state index contributed by atoms with van der Waals surface area (Å²) in [5, 5.41) is 1.93. The molecule has 22 heavy (non-hydrogen) atoms. The normalized spacial score (nSPS) is 23.6. The molecule has 1 atom stereocenters. The lowest BCUT2D eigenvalue weighted by Crippen LogP contribution is -2.48. The van der Waals surface area contributed by atoms with Crippen molar-refractivity contribution in [2.45, 2.75) is 45.1 Å². The molecule has 0 aliphatic carbocycles. The smallest absolute Gasteiger partial charge is 0.263 e. The maximum atomic E-state index is 12.7. The number of rotatable bonds is 2. The molecule has 4 nitrogen and oxygen atoms in total. The lowest BCUT2D eigenvalue weighted by molar-refractivity contribution is -0.140. The summed E-state index contributed by atoms with van der Waals surface area (Å²) in [6.07, 6.45) is 5.10. The first-order valence-electron chi connectivity index (χ1n) is 8.30. The average molecular weight is 320 g/mol. The second-order valence-electron chi connectivity index (χ2n) is 6.42. The maximum Gasteiger partial charge on any atom is 0.263 e. The molecule has 0 radical (unpaired) electrons. The summed E-state index contributed by atoms with van der Waals surface area (Å²) in [6, 6.07) is 4.16. The van der Waals surface area contributed by atoms with Crippen LogP contribution in [-0.2, 0) is 4.79 Å². The number of likely N-dealkylation sites (tertiary alicyclic amines) is 2. The van der Waals surface area contributed by atoms with Gasteiger partial charge in [-0.25, -0.2) is 0 Å². The van der Waals surface area contributed by atoms with Gasteiger partial charge in [-0.15, -0.1) is 11.3 Å². The Balaban J connectivity index is 1.55. The number of carbonyl (C=O) groups is 2. The minimum absolute atomic E-state index is 0.105. The Morgan fingerprint density at radius 3 is 2.55 bits per heavy atom. The molecule has 0 bridgehead atoms. The predicted molar refractivity (Wildman–Crippen MR) is 88.0 cm³/mol. The molecule has 2 amide bonds. The van der Waals surface area contributed by atoms with Gasteiger partial charge in [0, 0.05) is 31.6 Å². The number of nitrogens with zero attached hydrogens (tertiary/aromatic N) is 2. The van der Waals surface area contributed by atoms with E-state index in [1.54, 1.807) is 0 Å². The van der Waals surface area contributed by atoms with Crippen molar-refractivity contribution in [3.05, 3.63) is 22.4 Å². The Bertz CT molecular complexity index is 521. The summed E-state index contributed by atoms with van der Waals surface area (Å²) in [4.78, 5) is 29.8. The van der Waals surface area contributed by atoms with E-state index in [2.05, 4.69) is 11.8 Å². The Labute approximate surface area is 136 Å². The number of hydrogen-bond acceptors (Lipinski definition) is 3. The molecule has 2 aliphatic heterocycles. The molecule has 3 heterocycles. The van der Waals surface area contributed by atoms with Crippen LogP contribution in [0.25, 0.3) is 0 Å². The third kappa shape index (κ3) is 3.19. The fourth-order valence-corrected chi connectivity index (χ4v) is 4.24. The molecule has 1 unspecified atom stereocenters. The van der Waals surface area contributed by atoms with Gasteiger partial charge in [0.1, 0.15) is 0 Å². The summed E-state index contributed by atoms with van der Waals surface area (Å²) < 4.78 is 0. The van der Waals surface area contributed by atoms with Crippen LogP contribution in [0.15, 0.2) is 17.5 Å². The number of hydrogen-bond donors (Lipinski definition) is 0. The van der Waals surface area contributed by atoms with Crippen molar-refractivity contribution in [3.8, 4) is 0 Å². The van der Waals surface area contributed by atoms with E-state index in [1.807, 2.05) is 22.4 Å². The molecule has 120 valence electrons. The standard InChI is InChI=1S/C17H24N2O2S/c1-13-5-2-3-9-19(13)16(20)14-7-10-18(11-8-14)17(21)15-6-4-12-22-15/h4,6,12-14H,2-3,5,7-11H2,1H3. The molecule has 0 saturated carbocycles. The van der Waals surface area contributed by atoms with Crippen LogP contribution in [0.3, 0.4) is 0 Å². The Kier molecular flexibility index (Phi) is 4.81. The van der Waals surface area contributed by atoms with Crippen molar-refractivity contribution in [2.75, 3.05) is 19.6 Å². The van der Waals surface area contributed by atoms with E-state index in [4.69, 9.17) is 0 Å². The minimum atomic E-state index is 0.105. The Hall–Kier alpha value is -1.36. The minimum Gasteiger partial charge on any atom is -0.340 e. The highest BCUT2D eigenvalue weighted by molar-refractivity contribution is 7.12. The topological polar surface area (TPSA) is 40.6 Å². The van der Waals surface area contributed by atoms with Gasteiger partial charge in [-0.2, -0.15) is 0 Å².